The summed E-state index contributed by atoms with van der Waals surface area (Å²) in [7, 11) is 1.48. The molecule has 1 aliphatic rings. The standard InChI is InChI=1S/C18H27NO4/c1-3-7-14-15(20)12-13(17(22)18(14)23-2)8-9-16(21)19-10-5-4-6-11-19/h12,20,22H,3-11H2,1-2H3. The van der Waals surface area contributed by atoms with Gasteiger partial charge in [0.05, 0.1) is 7.11 Å². The number of hydrogen-bond donors (Lipinski definition) is 2. The minimum absolute atomic E-state index is 0.0418. The van der Waals surface area contributed by atoms with Crippen LogP contribution < -0.4 is 4.74 Å². The highest BCUT2D eigenvalue weighted by molar-refractivity contribution is 5.76. The zero-order chi connectivity index (χ0) is 16.8. The summed E-state index contributed by atoms with van der Waals surface area (Å²) in [6, 6.07) is 1.56. The minimum atomic E-state index is 0.0418. The summed E-state index contributed by atoms with van der Waals surface area (Å²) in [5.41, 5.74) is 1.18. The average Bonchev–Trinajstić information content (AvgIpc) is 2.57. The van der Waals surface area contributed by atoms with E-state index in [9.17, 15) is 15.0 Å². The van der Waals surface area contributed by atoms with Crippen LogP contribution in [-0.2, 0) is 17.6 Å². The Bertz CT molecular complexity index is 550. The third kappa shape index (κ3) is 4.09. The summed E-state index contributed by atoms with van der Waals surface area (Å²) in [6.07, 6.45) is 5.54. The van der Waals surface area contributed by atoms with Gasteiger partial charge in [-0.1, -0.05) is 13.3 Å². The molecule has 2 rings (SSSR count). The van der Waals surface area contributed by atoms with Crippen LogP contribution in [-0.4, -0.2) is 41.2 Å². The van der Waals surface area contributed by atoms with Gasteiger partial charge in [0.2, 0.25) is 5.91 Å². The lowest BCUT2D eigenvalue weighted by Crippen LogP contribution is -2.35. The highest BCUT2D eigenvalue weighted by Gasteiger charge is 2.20. The molecule has 0 aliphatic carbocycles. The van der Waals surface area contributed by atoms with Gasteiger partial charge < -0.3 is 19.8 Å². The predicted octanol–water partition coefficient (Wildman–Crippen LogP) is 3.00. The molecule has 1 aliphatic heterocycles. The van der Waals surface area contributed by atoms with E-state index in [1.807, 2.05) is 11.8 Å². The molecule has 1 heterocycles. The molecule has 5 nitrogen and oxygen atoms in total. The maximum absolute atomic E-state index is 12.2. The smallest absolute Gasteiger partial charge is 0.222 e. The number of carbonyl (C=O) groups excluding carboxylic acids is 1. The summed E-state index contributed by atoms with van der Waals surface area (Å²) in [5.74, 6) is 0.606. The number of phenols is 2. The Balaban J connectivity index is 2.10. The van der Waals surface area contributed by atoms with Gasteiger partial charge in [-0.25, -0.2) is 0 Å². The van der Waals surface area contributed by atoms with E-state index in [-0.39, 0.29) is 17.4 Å². The fraction of sp³-hybridized carbons (Fsp3) is 0.611. The van der Waals surface area contributed by atoms with Crippen molar-refractivity contribution in [2.24, 2.45) is 0 Å². The maximum atomic E-state index is 12.2. The van der Waals surface area contributed by atoms with Crippen molar-refractivity contribution in [2.75, 3.05) is 20.2 Å². The van der Waals surface area contributed by atoms with Crippen LogP contribution in [0.3, 0.4) is 0 Å². The van der Waals surface area contributed by atoms with Crippen molar-refractivity contribution in [1.29, 1.82) is 0 Å². The van der Waals surface area contributed by atoms with Gasteiger partial charge in [-0.15, -0.1) is 0 Å². The molecule has 0 atom stereocenters. The van der Waals surface area contributed by atoms with Gasteiger partial charge in [0.25, 0.3) is 0 Å². The van der Waals surface area contributed by atoms with Crippen LogP contribution in [0.5, 0.6) is 17.2 Å². The Morgan fingerprint density at radius 2 is 1.91 bits per heavy atom. The second kappa shape index (κ2) is 8.09. The number of ether oxygens (including phenoxy) is 1. The van der Waals surface area contributed by atoms with Gasteiger partial charge in [0.15, 0.2) is 11.5 Å². The van der Waals surface area contributed by atoms with Crippen molar-refractivity contribution in [3.05, 3.63) is 17.2 Å². The van der Waals surface area contributed by atoms with Crippen molar-refractivity contribution in [3.8, 4) is 17.2 Å². The summed E-state index contributed by atoms with van der Waals surface area (Å²) in [4.78, 5) is 14.1. The monoisotopic (exact) mass is 321 g/mol. The van der Waals surface area contributed by atoms with E-state index < -0.39 is 0 Å². The third-order valence-electron chi connectivity index (χ3n) is 4.43. The third-order valence-corrected chi connectivity index (χ3v) is 4.43. The highest BCUT2D eigenvalue weighted by Crippen LogP contribution is 2.40. The molecular formula is C18H27NO4. The Morgan fingerprint density at radius 3 is 2.52 bits per heavy atom. The molecule has 1 amide bonds. The SMILES string of the molecule is CCCc1c(O)cc(CCC(=O)N2CCCCC2)c(O)c1OC. The Morgan fingerprint density at radius 1 is 1.22 bits per heavy atom. The van der Waals surface area contributed by atoms with Gasteiger partial charge in [0.1, 0.15) is 5.75 Å². The molecule has 0 radical (unpaired) electrons. The molecule has 0 aromatic heterocycles. The number of amides is 1. The summed E-state index contributed by atoms with van der Waals surface area (Å²) in [6.45, 7) is 3.66. The molecule has 1 aromatic rings. The number of benzene rings is 1. The van der Waals surface area contributed by atoms with E-state index >= 15 is 0 Å². The maximum Gasteiger partial charge on any atom is 0.222 e. The highest BCUT2D eigenvalue weighted by atomic mass is 16.5. The number of carbonyl (C=O) groups is 1. The van der Waals surface area contributed by atoms with Crippen molar-refractivity contribution in [1.82, 2.24) is 4.90 Å². The number of nitrogens with zero attached hydrogens (tertiary/aromatic N) is 1. The zero-order valence-electron chi connectivity index (χ0n) is 14.1. The van der Waals surface area contributed by atoms with Crippen LogP contribution >= 0.6 is 0 Å². The topological polar surface area (TPSA) is 70.0 Å². The first kappa shape index (κ1) is 17.4. The van der Waals surface area contributed by atoms with Crippen LogP contribution in [0.2, 0.25) is 0 Å². The van der Waals surface area contributed by atoms with Gasteiger partial charge in [-0.3, -0.25) is 4.79 Å². The summed E-state index contributed by atoms with van der Waals surface area (Å²) >= 11 is 0. The minimum Gasteiger partial charge on any atom is -0.508 e. The molecule has 0 spiro atoms. The fourth-order valence-electron chi connectivity index (χ4n) is 3.17. The largest absolute Gasteiger partial charge is 0.508 e. The Labute approximate surface area is 137 Å². The normalized spacial score (nSPS) is 14.8. The van der Waals surface area contributed by atoms with Crippen LogP contribution in [0.15, 0.2) is 6.07 Å². The number of methoxy groups -OCH3 is 1. The summed E-state index contributed by atoms with van der Waals surface area (Å²) in [5, 5.41) is 20.6. The number of likely N-dealkylation sites (tertiary alicyclic amines) is 1. The van der Waals surface area contributed by atoms with E-state index in [2.05, 4.69) is 0 Å². The van der Waals surface area contributed by atoms with E-state index in [0.717, 1.165) is 32.4 Å². The second-order valence-corrected chi connectivity index (χ2v) is 6.11. The van der Waals surface area contributed by atoms with Gasteiger partial charge in [-0.2, -0.15) is 0 Å². The quantitative estimate of drug-likeness (QED) is 0.790. The molecule has 0 saturated carbocycles. The molecule has 5 heteroatoms. The first-order chi connectivity index (χ1) is 11.1. The fourth-order valence-corrected chi connectivity index (χ4v) is 3.17. The number of hydrogen-bond acceptors (Lipinski definition) is 4. The second-order valence-electron chi connectivity index (χ2n) is 6.11. The van der Waals surface area contributed by atoms with E-state index in [1.165, 1.54) is 13.5 Å². The average molecular weight is 321 g/mol. The first-order valence-electron chi connectivity index (χ1n) is 8.46. The Kier molecular flexibility index (Phi) is 6.13. The predicted molar refractivity (Wildman–Crippen MR) is 89.1 cm³/mol. The van der Waals surface area contributed by atoms with Crippen LogP contribution in [0.1, 0.15) is 50.2 Å². The van der Waals surface area contributed by atoms with Crippen molar-refractivity contribution < 1.29 is 19.7 Å². The lowest BCUT2D eigenvalue weighted by molar-refractivity contribution is -0.132. The molecule has 0 bridgehead atoms. The van der Waals surface area contributed by atoms with Crippen molar-refractivity contribution in [2.45, 2.75) is 51.9 Å². The first-order valence-corrected chi connectivity index (χ1v) is 8.46. The lowest BCUT2D eigenvalue weighted by Gasteiger charge is -2.26. The summed E-state index contributed by atoms with van der Waals surface area (Å²) < 4.78 is 5.27. The molecule has 128 valence electrons. The van der Waals surface area contributed by atoms with Gasteiger partial charge in [0, 0.05) is 30.6 Å². The number of aromatic hydroxyl groups is 2. The number of rotatable bonds is 6. The Hall–Kier alpha value is -1.91. The van der Waals surface area contributed by atoms with Crippen LogP contribution in [0, 0.1) is 0 Å². The van der Waals surface area contributed by atoms with E-state index in [4.69, 9.17) is 4.74 Å². The number of piperidine rings is 1. The van der Waals surface area contributed by atoms with Gasteiger partial charge >= 0.3 is 0 Å². The van der Waals surface area contributed by atoms with Gasteiger partial charge in [-0.05, 0) is 38.2 Å². The molecule has 2 N–H and O–H groups in total. The molecule has 0 unspecified atom stereocenters. The molecule has 1 fully saturated rings. The van der Waals surface area contributed by atoms with Crippen molar-refractivity contribution in [3.63, 3.8) is 0 Å². The van der Waals surface area contributed by atoms with E-state index in [0.29, 0.717) is 36.1 Å². The van der Waals surface area contributed by atoms with Crippen LogP contribution in [0.4, 0.5) is 0 Å². The zero-order valence-corrected chi connectivity index (χ0v) is 14.1. The molecule has 1 saturated heterocycles. The van der Waals surface area contributed by atoms with Crippen molar-refractivity contribution >= 4 is 5.91 Å². The lowest BCUT2D eigenvalue weighted by atomic mass is 10.00. The molecule has 1 aromatic carbocycles. The molecule has 23 heavy (non-hydrogen) atoms. The van der Waals surface area contributed by atoms with Crippen LogP contribution in [0.25, 0.3) is 0 Å². The number of aryl methyl sites for hydroxylation is 1. The number of phenolic OH excluding ortho intramolecular Hbond substituents is 2. The molecular weight excluding hydrogens is 294 g/mol. The van der Waals surface area contributed by atoms with E-state index in [1.54, 1.807) is 6.07 Å².